The summed E-state index contributed by atoms with van der Waals surface area (Å²) in [6, 6.07) is 0.831. The van der Waals surface area contributed by atoms with E-state index in [1.165, 1.54) is 51.5 Å². The third kappa shape index (κ3) is 7.61. The predicted molar refractivity (Wildman–Crippen MR) is 87.3 cm³/mol. The molecular formula is C17H36N2O. The Balaban J connectivity index is 1.94. The van der Waals surface area contributed by atoms with Crippen molar-refractivity contribution >= 4 is 0 Å². The summed E-state index contributed by atoms with van der Waals surface area (Å²) in [4.78, 5) is 2.57. The molecule has 0 heterocycles. The summed E-state index contributed by atoms with van der Waals surface area (Å²) in [7, 11) is 2.30. The third-order valence-electron chi connectivity index (χ3n) is 4.75. The molecule has 1 N–H and O–H groups in total. The Bertz CT molecular complexity index is 215. The molecule has 0 radical (unpaired) electrons. The van der Waals surface area contributed by atoms with Crippen LogP contribution in [0.2, 0.25) is 0 Å². The van der Waals surface area contributed by atoms with Crippen LogP contribution < -0.4 is 5.32 Å². The van der Waals surface area contributed by atoms with Crippen LogP contribution in [0.1, 0.15) is 58.8 Å². The van der Waals surface area contributed by atoms with E-state index < -0.39 is 0 Å². The molecule has 0 aromatic carbocycles. The van der Waals surface area contributed by atoms with Crippen LogP contribution in [0.3, 0.4) is 0 Å². The van der Waals surface area contributed by atoms with Crippen LogP contribution in [0.5, 0.6) is 0 Å². The number of ether oxygens (including phenoxy) is 1. The smallest absolute Gasteiger partial charge is 0.0466 e. The first-order valence-corrected chi connectivity index (χ1v) is 8.76. The molecule has 3 heteroatoms. The van der Waals surface area contributed by atoms with Gasteiger partial charge in [0.15, 0.2) is 0 Å². The van der Waals surface area contributed by atoms with Gasteiger partial charge in [0, 0.05) is 32.3 Å². The lowest BCUT2D eigenvalue weighted by Crippen LogP contribution is -2.39. The molecule has 0 saturated heterocycles. The second-order valence-corrected chi connectivity index (χ2v) is 6.22. The molecule has 20 heavy (non-hydrogen) atoms. The molecule has 3 nitrogen and oxygen atoms in total. The van der Waals surface area contributed by atoms with E-state index in [0.717, 1.165) is 38.3 Å². The fourth-order valence-electron chi connectivity index (χ4n) is 3.16. The van der Waals surface area contributed by atoms with Crippen LogP contribution in [0.4, 0.5) is 0 Å². The molecule has 0 bridgehead atoms. The highest BCUT2D eigenvalue weighted by molar-refractivity contribution is 4.77. The van der Waals surface area contributed by atoms with Gasteiger partial charge in [-0.05, 0) is 65.0 Å². The SMILES string of the molecule is CCOCCCCNCCN(C)C1CCC(CC)CC1. The van der Waals surface area contributed by atoms with Gasteiger partial charge in [0.05, 0.1) is 0 Å². The summed E-state index contributed by atoms with van der Waals surface area (Å²) in [6.07, 6.45) is 9.47. The molecule has 0 amide bonds. The summed E-state index contributed by atoms with van der Waals surface area (Å²) in [6.45, 7) is 9.60. The Labute approximate surface area is 126 Å². The Morgan fingerprint density at radius 1 is 1.05 bits per heavy atom. The number of hydrogen-bond acceptors (Lipinski definition) is 3. The fraction of sp³-hybridized carbons (Fsp3) is 1.00. The van der Waals surface area contributed by atoms with Crippen LogP contribution in [0.15, 0.2) is 0 Å². The van der Waals surface area contributed by atoms with E-state index in [9.17, 15) is 0 Å². The van der Waals surface area contributed by atoms with Crippen LogP contribution in [-0.4, -0.2) is 50.8 Å². The molecule has 0 spiro atoms. The molecular weight excluding hydrogens is 248 g/mol. The van der Waals surface area contributed by atoms with Gasteiger partial charge in [0.1, 0.15) is 0 Å². The zero-order valence-electron chi connectivity index (χ0n) is 14.0. The van der Waals surface area contributed by atoms with Gasteiger partial charge < -0.3 is 15.0 Å². The Morgan fingerprint density at radius 3 is 2.45 bits per heavy atom. The maximum atomic E-state index is 5.34. The number of likely N-dealkylation sites (N-methyl/N-ethyl adjacent to an activating group) is 1. The van der Waals surface area contributed by atoms with E-state index in [-0.39, 0.29) is 0 Å². The van der Waals surface area contributed by atoms with Gasteiger partial charge in [-0.2, -0.15) is 0 Å². The van der Waals surface area contributed by atoms with Gasteiger partial charge >= 0.3 is 0 Å². The summed E-state index contributed by atoms with van der Waals surface area (Å²) in [5.74, 6) is 1.00. The number of rotatable bonds is 11. The number of hydrogen-bond donors (Lipinski definition) is 1. The standard InChI is InChI=1S/C17H36N2O/c1-4-16-8-10-17(11-9-16)19(3)14-13-18-12-6-7-15-20-5-2/h16-18H,4-15H2,1-3H3. The van der Waals surface area contributed by atoms with E-state index in [0.29, 0.717) is 0 Å². The molecule has 1 fully saturated rings. The molecule has 1 saturated carbocycles. The van der Waals surface area contributed by atoms with E-state index in [1.54, 1.807) is 0 Å². The maximum absolute atomic E-state index is 5.34. The van der Waals surface area contributed by atoms with Gasteiger partial charge in [0.2, 0.25) is 0 Å². The topological polar surface area (TPSA) is 24.5 Å². The highest BCUT2D eigenvalue weighted by Gasteiger charge is 2.22. The lowest BCUT2D eigenvalue weighted by atomic mass is 9.84. The monoisotopic (exact) mass is 284 g/mol. The lowest BCUT2D eigenvalue weighted by molar-refractivity contribution is 0.143. The second-order valence-electron chi connectivity index (χ2n) is 6.22. The van der Waals surface area contributed by atoms with Crippen LogP contribution in [0, 0.1) is 5.92 Å². The Morgan fingerprint density at radius 2 is 1.80 bits per heavy atom. The van der Waals surface area contributed by atoms with Gasteiger partial charge in [-0.1, -0.05) is 13.3 Å². The average molecular weight is 284 g/mol. The second kappa shape index (κ2) is 11.5. The van der Waals surface area contributed by atoms with E-state index in [2.05, 4.69) is 31.1 Å². The van der Waals surface area contributed by atoms with Gasteiger partial charge in [-0.15, -0.1) is 0 Å². The molecule has 0 aliphatic heterocycles. The van der Waals surface area contributed by atoms with Crippen molar-refractivity contribution in [2.75, 3.05) is 39.9 Å². The minimum Gasteiger partial charge on any atom is -0.382 e. The summed E-state index contributed by atoms with van der Waals surface area (Å²) in [5.41, 5.74) is 0. The summed E-state index contributed by atoms with van der Waals surface area (Å²) < 4.78 is 5.34. The predicted octanol–water partition coefficient (Wildman–Crippen LogP) is 3.29. The quantitative estimate of drug-likeness (QED) is 0.589. The fourth-order valence-corrected chi connectivity index (χ4v) is 3.16. The van der Waals surface area contributed by atoms with Crippen molar-refractivity contribution in [1.29, 1.82) is 0 Å². The van der Waals surface area contributed by atoms with Crippen molar-refractivity contribution in [3.8, 4) is 0 Å². The lowest BCUT2D eigenvalue weighted by Gasteiger charge is -2.34. The highest BCUT2D eigenvalue weighted by Crippen LogP contribution is 2.28. The number of nitrogens with one attached hydrogen (secondary N) is 1. The van der Waals surface area contributed by atoms with Crippen molar-refractivity contribution in [1.82, 2.24) is 10.2 Å². The maximum Gasteiger partial charge on any atom is 0.0466 e. The zero-order valence-corrected chi connectivity index (χ0v) is 14.0. The van der Waals surface area contributed by atoms with Gasteiger partial charge in [-0.25, -0.2) is 0 Å². The largest absolute Gasteiger partial charge is 0.382 e. The van der Waals surface area contributed by atoms with Crippen LogP contribution in [0.25, 0.3) is 0 Å². The van der Waals surface area contributed by atoms with E-state index in [1.807, 2.05) is 0 Å². The first kappa shape index (κ1) is 17.9. The normalized spacial score (nSPS) is 23.4. The van der Waals surface area contributed by atoms with Gasteiger partial charge in [0.25, 0.3) is 0 Å². The molecule has 0 atom stereocenters. The average Bonchev–Trinajstić information content (AvgIpc) is 2.50. The van der Waals surface area contributed by atoms with Crippen molar-refractivity contribution in [2.45, 2.75) is 64.8 Å². The van der Waals surface area contributed by atoms with E-state index >= 15 is 0 Å². The van der Waals surface area contributed by atoms with Crippen molar-refractivity contribution < 1.29 is 4.74 Å². The third-order valence-corrected chi connectivity index (χ3v) is 4.75. The van der Waals surface area contributed by atoms with Crippen molar-refractivity contribution in [3.05, 3.63) is 0 Å². The van der Waals surface area contributed by atoms with Crippen LogP contribution in [-0.2, 0) is 4.74 Å². The van der Waals surface area contributed by atoms with E-state index in [4.69, 9.17) is 4.74 Å². The molecule has 120 valence electrons. The molecule has 1 aliphatic carbocycles. The first-order valence-electron chi connectivity index (χ1n) is 8.76. The minimum absolute atomic E-state index is 0.831. The van der Waals surface area contributed by atoms with Crippen LogP contribution >= 0.6 is 0 Å². The first-order chi connectivity index (χ1) is 9.77. The molecule has 1 rings (SSSR count). The highest BCUT2D eigenvalue weighted by atomic mass is 16.5. The minimum atomic E-state index is 0.831. The summed E-state index contributed by atoms with van der Waals surface area (Å²) in [5, 5.41) is 3.56. The Kier molecular flexibility index (Phi) is 10.3. The number of unbranched alkanes of at least 4 members (excludes halogenated alkanes) is 1. The molecule has 0 aromatic heterocycles. The van der Waals surface area contributed by atoms with Gasteiger partial charge in [-0.3, -0.25) is 0 Å². The number of nitrogens with zero attached hydrogens (tertiary/aromatic N) is 1. The van der Waals surface area contributed by atoms with Crippen molar-refractivity contribution in [3.63, 3.8) is 0 Å². The molecule has 1 aliphatic rings. The van der Waals surface area contributed by atoms with Crippen molar-refractivity contribution in [2.24, 2.45) is 5.92 Å². The molecule has 0 aromatic rings. The summed E-state index contributed by atoms with van der Waals surface area (Å²) >= 11 is 0. The Hall–Kier alpha value is -0.120. The molecule has 0 unspecified atom stereocenters. The zero-order chi connectivity index (χ0) is 14.6.